The molecule has 2 aromatic rings. The Labute approximate surface area is 158 Å². The van der Waals surface area contributed by atoms with Gasteiger partial charge in [0.25, 0.3) is 5.91 Å². The molecule has 1 spiro atoms. The quantitative estimate of drug-likeness (QED) is 0.902. The highest BCUT2D eigenvalue weighted by Crippen LogP contribution is 2.37. The van der Waals surface area contributed by atoms with Crippen LogP contribution in [-0.4, -0.2) is 41.2 Å². The van der Waals surface area contributed by atoms with Gasteiger partial charge in [0.15, 0.2) is 18.1 Å². The fourth-order valence-electron chi connectivity index (χ4n) is 3.66. The number of amides is 1. The second-order valence-electron chi connectivity index (χ2n) is 7.03. The van der Waals surface area contributed by atoms with E-state index in [0.717, 1.165) is 30.6 Å². The largest absolute Gasteiger partial charge is 0.504 e. The SMILES string of the molecule is O=C(COc1ccccc1O)N1CCCC2(C=Cc3ccccc3O2)CC1. The third-order valence-corrected chi connectivity index (χ3v) is 5.20. The van der Waals surface area contributed by atoms with Crippen molar-refractivity contribution in [1.29, 1.82) is 0 Å². The van der Waals surface area contributed by atoms with Crippen molar-refractivity contribution in [3.8, 4) is 17.2 Å². The molecule has 1 fully saturated rings. The monoisotopic (exact) mass is 365 g/mol. The van der Waals surface area contributed by atoms with E-state index in [2.05, 4.69) is 12.2 Å². The van der Waals surface area contributed by atoms with E-state index in [-0.39, 0.29) is 23.9 Å². The number of aromatic hydroxyl groups is 1. The lowest BCUT2D eigenvalue weighted by molar-refractivity contribution is -0.133. The number of likely N-dealkylation sites (tertiary alicyclic amines) is 1. The molecule has 0 bridgehead atoms. The zero-order valence-electron chi connectivity index (χ0n) is 15.1. The highest BCUT2D eigenvalue weighted by molar-refractivity contribution is 5.78. The van der Waals surface area contributed by atoms with Gasteiger partial charge < -0.3 is 19.5 Å². The molecule has 0 radical (unpaired) electrons. The molecule has 5 nitrogen and oxygen atoms in total. The van der Waals surface area contributed by atoms with Gasteiger partial charge in [-0.15, -0.1) is 0 Å². The van der Waals surface area contributed by atoms with Crippen LogP contribution < -0.4 is 9.47 Å². The molecule has 2 aliphatic heterocycles. The normalized spacial score (nSPS) is 21.3. The lowest BCUT2D eigenvalue weighted by atomic mass is 9.91. The average Bonchev–Trinajstić information content (AvgIpc) is 2.90. The van der Waals surface area contributed by atoms with Crippen molar-refractivity contribution < 1.29 is 19.4 Å². The maximum atomic E-state index is 12.6. The summed E-state index contributed by atoms with van der Waals surface area (Å²) in [5, 5.41) is 9.75. The van der Waals surface area contributed by atoms with Crippen molar-refractivity contribution in [3.05, 3.63) is 60.2 Å². The van der Waals surface area contributed by atoms with Crippen LogP contribution in [0.2, 0.25) is 0 Å². The fraction of sp³-hybridized carbons (Fsp3) is 0.318. The number of nitrogens with zero attached hydrogens (tertiary/aromatic N) is 1. The molecular formula is C22H23NO4. The number of hydrogen-bond donors (Lipinski definition) is 1. The Morgan fingerprint density at radius 1 is 1.11 bits per heavy atom. The van der Waals surface area contributed by atoms with Gasteiger partial charge in [0, 0.05) is 25.1 Å². The number of fused-ring (bicyclic) bond motifs is 1. The van der Waals surface area contributed by atoms with Crippen LogP contribution in [0, 0.1) is 0 Å². The minimum Gasteiger partial charge on any atom is -0.504 e. The third-order valence-electron chi connectivity index (χ3n) is 5.20. The first-order valence-corrected chi connectivity index (χ1v) is 9.31. The number of para-hydroxylation sites is 3. The minimum absolute atomic E-state index is 0.0412. The van der Waals surface area contributed by atoms with E-state index < -0.39 is 0 Å². The molecule has 0 aliphatic carbocycles. The standard InChI is InChI=1S/C22H23NO4/c24-18-7-2-4-9-20(18)26-16-21(25)23-14-5-11-22(13-15-23)12-10-17-6-1-3-8-19(17)27-22/h1-4,6-10,12,24H,5,11,13-16H2. The Bertz CT molecular complexity index is 863. The first-order valence-electron chi connectivity index (χ1n) is 9.31. The molecule has 27 heavy (non-hydrogen) atoms. The summed E-state index contributed by atoms with van der Waals surface area (Å²) in [7, 11) is 0. The third kappa shape index (κ3) is 3.77. The molecule has 140 valence electrons. The van der Waals surface area contributed by atoms with Crippen LogP contribution in [0.15, 0.2) is 54.6 Å². The Hall–Kier alpha value is -2.95. The molecule has 2 heterocycles. The van der Waals surface area contributed by atoms with Gasteiger partial charge in [-0.1, -0.05) is 36.4 Å². The summed E-state index contributed by atoms with van der Waals surface area (Å²) in [5.41, 5.74) is 0.749. The number of phenolic OH excluding ortho intramolecular Hbond substituents is 1. The predicted molar refractivity (Wildman–Crippen MR) is 103 cm³/mol. The molecule has 2 aliphatic rings. The van der Waals surface area contributed by atoms with E-state index in [9.17, 15) is 9.90 Å². The van der Waals surface area contributed by atoms with E-state index in [0.29, 0.717) is 18.8 Å². The van der Waals surface area contributed by atoms with Gasteiger partial charge in [-0.25, -0.2) is 0 Å². The number of ether oxygens (including phenoxy) is 2. The lowest BCUT2D eigenvalue weighted by Crippen LogP contribution is -2.39. The molecule has 0 saturated carbocycles. The van der Waals surface area contributed by atoms with Gasteiger partial charge in [0.1, 0.15) is 11.4 Å². The van der Waals surface area contributed by atoms with Gasteiger partial charge >= 0.3 is 0 Å². The van der Waals surface area contributed by atoms with Crippen molar-refractivity contribution >= 4 is 12.0 Å². The summed E-state index contributed by atoms with van der Waals surface area (Å²) in [5.74, 6) is 1.20. The molecule has 2 aromatic carbocycles. The van der Waals surface area contributed by atoms with Gasteiger partial charge in [-0.2, -0.15) is 0 Å². The smallest absolute Gasteiger partial charge is 0.260 e. The Kier molecular flexibility index (Phi) is 4.75. The van der Waals surface area contributed by atoms with Crippen LogP contribution in [0.25, 0.3) is 6.08 Å². The van der Waals surface area contributed by atoms with E-state index in [1.165, 1.54) is 0 Å². The Morgan fingerprint density at radius 2 is 1.93 bits per heavy atom. The maximum absolute atomic E-state index is 12.6. The minimum atomic E-state index is -0.345. The second-order valence-corrected chi connectivity index (χ2v) is 7.03. The zero-order valence-corrected chi connectivity index (χ0v) is 15.1. The molecular weight excluding hydrogens is 342 g/mol. The molecule has 1 amide bonds. The molecule has 0 aromatic heterocycles. The molecule has 4 rings (SSSR count). The highest BCUT2D eigenvalue weighted by Gasteiger charge is 2.35. The molecule has 1 unspecified atom stereocenters. The number of hydrogen-bond acceptors (Lipinski definition) is 4. The first kappa shape index (κ1) is 17.5. The first-order chi connectivity index (χ1) is 13.2. The Balaban J connectivity index is 1.38. The number of benzene rings is 2. The van der Waals surface area contributed by atoms with Gasteiger partial charge in [0.05, 0.1) is 0 Å². The summed E-state index contributed by atoms with van der Waals surface area (Å²) in [4.78, 5) is 14.4. The van der Waals surface area contributed by atoms with Crippen LogP contribution in [-0.2, 0) is 4.79 Å². The number of rotatable bonds is 3. The molecule has 1 atom stereocenters. The van der Waals surface area contributed by atoms with Crippen molar-refractivity contribution in [3.63, 3.8) is 0 Å². The van der Waals surface area contributed by atoms with Crippen LogP contribution in [0.5, 0.6) is 17.2 Å². The van der Waals surface area contributed by atoms with Crippen LogP contribution >= 0.6 is 0 Å². The second kappa shape index (κ2) is 7.35. The van der Waals surface area contributed by atoms with E-state index in [1.54, 1.807) is 24.3 Å². The predicted octanol–water partition coefficient (Wildman–Crippen LogP) is 3.63. The maximum Gasteiger partial charge on any atom is 0.260 e. The van der Waals surface area contributed by atoms with Crippen molar-refractivity contribution in [2.24, 2.45) is 0 Å². The van der Waals surface area contributed by atoms with Gasteiger partial charge in [0.2, 0.25) is 0 Å². The molecule has 1 saturated heterocycles. The van der Waals surface area contributed by atoms with Crippen LogP contribution in [0.1, 0.15) is 24.8 Å². The Morgan fingerprint density at radius 3 is 2.81 bits per heavy atom. The number of phenols is 1. The molecule has 5 heteroatoms. The van der Waals surface area contributed by atoms with Crippen molar-refractivity contribution in [1.82, 2.24) is 4.90 Å². The van der Waals surface area contributed by atoms with Gasteiger partial charge in [-0.05, 0) is 37.1 Å². The summed E-state index contributed by atoms with van der Waals surface area (Å²) in [6, 6.07) is 14.7. The van der Waals surface area contributed by atoms with Crippen LogP contribution in [0.3, 0.4) is 0 Å². The summed E-state index contributed by atoms with van der Waals surface area (Å²) < 4.78 is 11.8. The van der Waals surface area contributed by atoms with Crippen LogP contribution in [0.4, 0.5) is 0 Å². The highest BCUT2D eigenvalue weighted by atomic mass is 16.5. The summed E-state index contributed by atoms with van der Waals surface area (Å²) >= 11 is 0. The summed E-state index contributed by atoms with van der Waals surface area (Å²) in [6.07, 6.45) is 6.76. The number of carbonyl (C=O) groups is 1. The van der Waals surface area contributed by atoms with E-state index in [4.69, 9.17) is 9.47 Å². The van der Waals surface area contributed by atoms with Crippen molar-refractivity contribution in [2.75, 3.05) is 19.7 Å². The lowest BCUT2D eigenvalue weighted by Gasteiger charge is -2.34. The topological polar surface area (TPSA) is 59.0 Å². The van der Waals surface area contributed by atoms with Crippen molar-refractivity contribution in [2.45, 2.75) is 24.9 Å². The van der Waals surface area contributed by atoms with Gasteiger partial charge in [-0.3, -0.25) is 4.79 Å². The van der Waals surface area contributed by atoms with E-state index in [1.807, 2.05) is 29.2 Å². The zero-order chi connectivity index (χ0) is 18.7. The summed E-state index contributed by atoms with van der Waals surface area (Å²) in [6.45, 7) is 1.23. The fourth-order valence-corrected chi connectivity index (χ4v) is 3.66. The molecule has 1 N–H and O–H groups in total. The van der Waals surface area contributed by atoms with E-state index >= 15 is 0 Å². The number of carbonyl (C=O) groups excluding carboxylic acids is 1. The average molecular weight is 365 g/mol.